The van der Waals surface area contributed by atoms with E-state index in [1.165, 1.54) is 0 Å². The minimum absolute atomic E-state index is 0.148. The van der Waals surface area contributed by atoms with E-state index in [4.69, 9.17) is 4.74 Å². The van der Waals surface area contributed by atoms with Gasteiger partial charge in [0.1, 0.15) is 16.7 Å². The molecule has 2 aromatic carbocycles. The second-order valence-corrected chi connectivity index (χ2v) is 13.5. The van der Waals surface area contributed by atoms with E-state index >= 15 is 0 Å². The van der Waals surface area contributed by atoms with Crippen LogP contribution in [0.1, 0.15) is 49.8 Å². The zero-order valence-electron chi connectivity index (χ0n) is 24.2. The Kier molecular flexibility index (Phi) is 7.83. The number of rotatable bonds is 8. The van der Waals surface area contributed by atoms with Gasteiger partial charge in [-0.25, -0.2) is 8.42 Å². The minimum Gasteiger partial charge on any atom is -0.456 e. The highest BCUT2D eigenvalue weighted by Gasteiger charge is 2.26. The van der Waals surface area contributed by atoms with Crippen LogP contribution < -0.4 is 10.1 Å². The lowest BCUT2D eigenvalue weighted by Gasteiger charge is -2.18. The number of nitrogens with zero attached hydrogens (tertiary/aromatic N) is 4. The Morgan fingerprint density at radius 3 is 2.50 bits per heavy atom. The first-order chi connectivity index (χ1) is 19.9. The van der Waals surface area contributed by atoms with Crippen LogP contribution >= 0.6 is 0 Å². The summed E-state index contributed by atoms with van der Waals surface area (Å²) < 4.78 is 35.0. The molecule has 5 aromatic rings. The van der Waals surface area contributed by atoms with Crippen LogP contribution in [0.3, 0.4) is 0 Å². The molecule has 42 heavy (non-hydrogen) atoms. The lowest BCUT2D eigenvalue weighted by Crippen LogP contribution is -2.22. The molecule has 0 aliphatic heterocycles. The molecular weight excluding hydrogens is 550 g/mol. The number of sulfone groups is 1. The smallest absolute Gasteiger partial charge is 0.228 e. The number of pyridine rings is 2. The van der Waals surface area contributed by atoms with E-state index in [9.17, 15) is 13.2 Å². The van der Waals surface area contributed by atoms with Gasteiger partial charge in [0.15, 0.2) is 9.84 Å². The van der Waals surface area contributed by atoms with Gasteiger partial charge in [-0.05, 0) is 88.2 Å². The summed E-state index contributed by atoms with van der Waals surface area (Å²) in [5.41, 5.74) is 3.22. The third-order valence-corrected chi connectivity index (χ3v) is 9.03. The van der Waals surface area contributed by atoms with E-state index in [2.05, 4.69) is 20.4 Å². The molecule has 0 saturated carbocycles. The fourth-order valence-electron chi connectivity index (χ4n) is 4.54. The lowest BCUT2D eigenvalue weighted by atomic mass is 10.1. The van der Waals surface area contributed by atoms with Crippen LogP contribution in [0.2, 0.25) is 0 Å². The maximum absolute atomic E-state index is 13.4. The third-order valence-electron chi connectivity index (χ3n) is 6.95. The zero-order valence-corrected chi connectivity index (χ0v) is 25.0. The first-order valence-corrected chi connectivity index (χ1v) is 15.1. The van der Waals surface area contributed by atoms with E-state index < -0.39 is 15.1 Å². The number of carbonyl (C=O) groups is 1. The number of fused-ring (bicyclic) bond motifs is 1. The van der Waals surface area contributed by atoms with Gasteiger partial charge in [0.25, 0.3) is 0 Å². The molecule has 9 nitrogen and oxygen atoms in total. The summed E-state index contributed by atoms with van der Waals surface area (Å²) in [6.45, 7) is 9.65. The molecule has 0 aliphatic carbocycles. The van der Waals surface area contributed by atoms with Crippen LogP contribution in [0, 0.1) is 6.92 Å². The molecule has 1 atom stereocenters. The average Bonchev–Trinajstić information content (AvgIpc) is 3.43. The van der Waals surface area contributed by atoms with Crippen LogP contribution in [0.4, 0.5) is 5.69 Å². The molecule has 0 saturated heterocycles. The molecule has 5 rings (SSSR count). The molecule has 0 bridgehead atoms. The van der Waals surface area contributed by atoms with Crippen molar-refractivity contribution in [3.8, 4) is 11.5 Å². The van der Waals surface area contributed by atoms with Gasteiger partial charge in [-0.1, -0.05) is 18.2 Å². The Morgan fingerprint density at radius 2 is 1.81 bits per heavy atom. The summed E-state index contributed by atoms with van der Waals surface area (Å²) in [6.07, 6.45) is 6.85. The number of aryl methyl sites for hydroxylation is 1. The van der Waals surface area contributed by atoms with Crippen LogP contribution in [0.25, 0.3) is 10.9 Å². The highest BCUT2D eigenvalue weighted by Crippen LogP contribution is 2.35. The van der Waals surface area contributed by atoms with E-state index in [0.29, 0.717) is 33.8 Å². The van der Waals surface area contributed by atoms with Crippen molar-refractivity contribution in [2.24, 2.45) is 0 Å². The van der Waals surface area contributed by atoms with Crippen molar-refractivity contribution < 1.29 is 17.9 Å². The van der Waals surface area contributed by atoms with Crippen molar-refractivity contribution >= 4 is 32.3 Å². The second kappa shape index (κ2) is 11.4. The van der Waals surface area contributed by atoms with E-state index in [-0.39, 0.29) is 22.8 Å². The number of aromatic nitrogens is 4. The van der Waals surface area contributed by atoms with Gasteiger partial charge in [-0.2, -0.15) is 5.10 Å². The summed E-state index contributed by atoms with van der Waals surface area (Å²) >= 11 is 0. The standard InChI is InChI=1S/C32H33N5O4S/c1-21-16-23(17-31(38)36-24-19-35-37(20-24)32(3,4)5)9-12-29(21)41-30-13-15-34-28-11-10-25(18-26(28)30)42(39,40)22(2)27-8-6-7-14-33-27/h6-16,18-20,22H,17H2,1-5H3,(H,36,38)/t22-/m0/s1. The van der Waals surface area contributed by atoms with E-state index in [1.807, 2.05) is 52.1 Å². The largest absolute Gasteiger partial charge is 0.456 e. The highest BCUT2D eigenvalue weighted by molar-refractivity contribution is 7.91. The number of ether oxygens (including phenoxy) is 1. The summed E-state index contributed by atoms with van der Waals surface area (Å²) in [5.74, 6) is 0.922. The Labute approximate surface area is 245 Å². The molecule has 3 heterocycles. The number of nitrogens with one attached hydrogen (secondary N) is 1. The number of hydrogen-bond acceptors (Lipinski definition) is 7. The second-order valence-electron chi connectivity index (χ2n) is 11.2. The SMILES string of the molecule is Cc1cc(CC(=O)Nc2cnn(C(C)(C)C)c2)ccc1Oc1ccnc2ccc(S(=O)(=O)[C@@H](C)c3ccccn3)cc12. The normalized spacial score (nSPS) is 12.7. The number of hydrogen-bond donors (Lipinski definition) is 1. The van der Waals surface area contributed by atoms with Crippen LogP contribution in [0.15, 0.2) is 90.3 Å². The molecule has 10 heteroatoms. The summed E-state index contributed by atoms with van der Waals surface area (Å²) in [7, 11) is -3.72. The van der Waals surface area contributed by atoms with Crippen LogP contribution in [0.5, 0.6) is 11.5 Å². The summed E-state index contributed by atoms with van der Waals surface area (Å²) in [6, 6.07) is 17.3. The Hall–Kier alpha value is -4.57. The number of amides is 1. The van der Waals surface area contributed by atoms with Gasteiger partial charge in [0.2, 0.25) is 5.91 Å². The van der Waals surface area contributed by atoms with Crippen molar-refractivity contribution in [1.82, 2.24) is 19.7 Å². The molecule has 1 N–H and O–H groups in total. The molecule has 0 spiro atoms. The van der Waals surface area contributed by atoms with Crippen molar-refractivity contribution in [1.29, 1.82) is 0 Å². The van der Waals surface area contributed by atoms with Crippen LogP contribution in [-0.2, 0) is 26.6 Å². The number of benzene rings is 2. The van der Waals surface area contributed by atoms with Gasteiger partial charge in [-0.3, -0.25) is 19.4 Å². The molecule has 216 valence electrons. The molecule has 0 unspecified atom stereocenters. The molecular formula is C32H33N5O4S. The quantitative estimate of drug-likeness (QED) is 0.225. The maximum Gasteiger partial charge on any atom is 0.228 e. The predicted molar refractivity (Wildman–Crippen MR) is 162 cm³/mol. The molecule has 1 amide bonds. The fourth-order valence-corrected chi connectivity index (χ4v) is 5.95. The van der Waals surface area contributed by atoms with Gasteiger partial charge in [0, 0.05) is 24.0 Å². The monoisotopic (exact) mass is 583 g/mol. The van der Waals surface area contributed by atoms with E-state index in [0.717, 1.165) is 11.1 Å². The molecule has 0 aliphatic rings. The Bertz CT molecular complexity index is 1860. The minimum atomic E-state index is -3.72. The molecule has 0 radical (unpaired) electrons. The number of carbonyl (C=O) groups excluding carboxylic acids is 1. The van der Waals surface area contributed by atoms with Crippen LogP contribution in [-0.4, -0.2) is 34.1 Å². The van der Waals surface area contributed by atoms with Gasteiger partial charge in [-0.15, -0.1) is 0 Å². The van der Waals surface area contributed by atoms with Crippen molar-refractivity contribution in [3.05, 3.63) is 102 Å². The third kappa shape index (κ3) is 6.18. The molecule has 3 aromatic heterocycles. The first kappa shape index (κ1) is 28.9. The van der Waals surface area contributed by atoms with Gasteiger partial charge < -0.3 is 10.1 Å². The zero-order chi connectivity index (χ0) is 30.1. The van der Waals surface area contributed by atoms with Gasteiger partial charge >= 0.3 is 0 Å². The van der Waals surface area contributed by atoms with Crippen molar-refractivity contribution in [2.45, 2.75) is 56.7 Å². The fraction of sp³-hybridized carbons (Fsp3) is 0.250. The average molecular weight is 584 g/mol. The van der Waals surface area contributed by atoms with Gasteiger partial charge in [0.05, 0.1) is 40.0 Å². The molecule has 0 fully saturated rings. The lowest BCUT2D eigenvalue weighted by molar-refractivity contribution is -0.115. The predicted octanol–water partition coefficient (Wildman–Crippen LogP) is 6.40. The number of anilines is 1. The van der Waals surface area contributed by atoms with Crippen molar-refractivity contribution in [2.75, 3.05) is 5.32 Å². The van der Waals surface area contributed by atoms with E-state index in [1.54, 1.807) is 72.7 Å². The highest BCUT2D eigenvalue weighted by atomic mass is 32.2. The Balaban J connectivity index is 1.34. The summed E-state index contributed by atoms with van der Waals surface area (Å²) in [5, 5.41) is 6.97. The maximum atomic E-state index is 13.4. The first-order valence-electron chi connectivity index (χ1n) is 13.6. The summed E-state index contributed by atoms with van der Waals surface area (Å²) in [4.78, 5) is 21.5. The van der Waals surface area contributed by atoms with Crippen molar-refractivity contribution in [3.63, 3.8) is 0 Å². The topological polar surface area (TPSA) is 116 Å². The Morgan fingerprint density at radius 1 is 1.00 bits per heavy atom.